The lowest BCUT2D eigenvalue weighted by molar-refractivity contribution is -0.139. The molecular weight excluding hydrogens is 270 g/mol. The van der Waals surface area contributed by atoms with Crippen LogP contribution in [0.1, 0.15) is 77.0 Å². The molecule has 0 radical (unpaired) electrons. The zero-order chi connectivity index (χ0) is 14.2. The van der Waals surface area contributed by atoms with Gasteiger partial charge in [-0.15, -0.1) is 11.6 Å². The van der Waals surface area contributed by atoms with Crippen molar-refractivity contribution in [3.63, 3.8) is 0 Å². The minimum atomic E-state index is 0.278. The summed E-state index contributed by atoms with van der Waals surface area (Å²) in [5.41, 5.74) is 0. The molecule has 2 fully saturated rings. The van der Waals surface area contributed by atoms with E-state index in [0.29, 0.717) is 17.8 Å². The average Bonchev–Trinajstić information content (AvgIpc) is 2.45. The van der Waals surface area contributed by atoms with Crippen molar-refractivity contribution < 1.29 is 4.79 Å². The fourth-order valence-electron chi connectivity index (χ4n) is 3.89. The Hall–Kier alpha value is -0.240. The third-order valence-corrected chi connectivity index (χ3v) is 5.25. The monoisotopic (exact) mass is 299 g/mol. The van der Waals surface area contributed by atoms with Crippen molar-refractivity contribution in [2.24, 2.45) is 5.92 Å². The molecule has 0 N–H and O–H groups in total. The summed E-state index contributed by atoms with van der Waals surface area (Å²) in [5.74, 6) is 1.27. The van der Waals surface area contributed by atoms with E-state index in [1.807, 2.05) is 0 Å². The van der Waals surface area contributed by atoms with Gasteiger partial charge in [0.1, 0.15) is 0 Å². The van der Waals surface area contributed by atoms with E-state index < -0.39 is 0 Å². The van der Waals surface area contributed by atoms with Gasteiger partial charge in [0, 0.05) is 24.4 Å². The van der Waals surface area contributed by atoms with E-state index in [1.54, 1.807) is 0 Å². The third-order valence-electron chi connectivity index (χ3n) is 5.08. The van der Waals surface area contributed by atoms with Gasteiger partial charge in [-0.25, -0.2) is 0 Å². The largest absolute Gasteiger partial charge is 0.338 e. The van der Waals surface area contributed by atoms with Crippen LogP contribution in [0.4, 0.5) is 0 Å². The number of rotatable bonds is 4. The van der Waals surface area contributed by atoms with Crippen molar-refractivity contribution in [2.75, 3.05) is 12.4 Å². The molecule has 0 spiro atoms. The Balaban J connectivity index is 1.96. The zero-order valence-corrected chi connectivity index (χ0v) is 13.5. The molecule has 1 amide bonds. The second-order valence-corrected chi connectivity index (χ2v) is 6.93. The number of hydrogen-bond donors (Lipinski definition) is 0. The topological polar surface area (TPSA) is 20.3 Å². The van der Waals surface area contributed by atoms with Gasteiger partial charge in [-0.1, -0.05) is 51.4 Å². The molecule has 0 heterocycles. The molecule has 0 saturated heterocycles. The van der Waals surface area contributed by atoms with Crippen molar-refractivity contribution >= 4 is 17.5 Å². The van der Waals surface area contributed by atoms with Gasteiger partial charge in [-0.05, 0) is 25.7 Å². The fraction of sp³-hybridized carbons (Fsp3) is 0.941. The van der Waals surface area contributed by atoms with Crippen LogP contribution in [0.2, 0.25) is 0 Å². The van der Waals surface area contributed by atoms with Crippen molar-refractivity contribution in [1.82, 2.24) is 4.90 Å². The number of amides is 1. The summed E-state index contributed by atoms with van der Waals surface area (Å²) < 4.78 is 0. The Labute approximate surface area is 129 Å². The first-order valence-corrected chi connectivity index (χ1v) is 9.23. The third kappa shape index (κ3) is 4.65. The van der Waals surface area contributed by atoms with Crippen LogP contribution in [-0.4, -0.2) is 29.3 Å². The van der Waals surface area contributed by atoms with Gasteiger partial charge < -0.3 is 4.90 Å². The molecule has 0 aromatic rings. The standard InChI is InChI=1S/C17H30ClNO/c18-13-14-19(16-11-7-4-8-12-16)17(20)15-9-5-2-1-3-6-10-15/h15-16H,1-14H2. The molecular formula is C17H30ClNO. The molecule has 0 aliphatic heterocycles. The molecule has 3 heteroatoms. The van der Waals surface area contributed by atoms with E-state index in [-0.39, 0.29) is 5.92 Å². The maximum Gasteiger partial charge on any atom is 0.225 e. The molecule has 2 nitrogen and oxygen atoms in total. The maximum absolute atomic E-state index is 12.9. The summed E-state index contributed by atoms with van der Waals surface area (Å²) in [4.78, 5) is 15.1. The molecule has 2 saturated carbocycles. The Morgan fingerprint density at radius 3 is 1.95 bits per heavy atom. The highest BCUT2D eigenvalue weighted by Crippen LogP contribution is 2.28. The van der Waals surface area contributed by atoms with Crippen LogP contribution in [0.15, 0.2) is 0 Å². The lowest BCUT2D eigenvalue weighted by Crippen LogP contribution is -2.45. The van der Waals surface area contributed by atoms with E-state index in [0.717, 1.165) is 19.4 Å². The second kappa shape index (κ2) is 8.92. The summed E-state index contributed by atoms with van der Waals surface area (Å²) in [5, 5.41) is 0. The van der Waals surface area contributed by atoms with Crippen LogP contribution in [0.3, 0.4) is 0 Å². The van der Waals surface area contributed by atoms with Crippen molar-refractivity contribution in [3.05, 3.63) is 0 Å². The summed E-state index contributed by atoms with van der Waals surface area (Å²) in [6, 6.07) is 0.473. The minimum absolute atomic E-state index is 0.278. The summed E-state index contributed by atoms with van der Waals surface area (Å²) >= 11 is 5.96. The fourth-order valence-corrected chi connectivity index (χ4v) is 4.08. The van der Waals surface area contributed by atoms with Gasteiger partial charge in [0.05, 0.1) is 0 Å². The van der Waals surface area contributed by atoms with Crippen LogP contribution < -0.4 is 0 Å². The Morgan fingerprint density at radius 1 is 0.850 bits per heavy atom. The van der Waals surface area contributed by atoms with E-state index >= 15 is 0 Å². The molecule has 20 heavy (non-hydrogen) atoms. The number of carbonyl (C=O) groups is 1. The number of carbonyl (C=O) groups excluding carboxylic acids is 1. The van der Waals surface area contributed by atoms with Crippen LogP contribution in [-0.2, 0) is 4.79 Å². The normalized spacial score (nSPS) is 23.1. The molecule has 0 aromatic heterocycles. The lowest BCUT2D eigenvalue weighted by atomic mass is 9.88. The predicted octanol–water partition coefficient (Wildman–Crippen LogP) is 4.75. The SMILES string of the molecule is O=C(C1CCCCCCC1)N(CCCl)C1CCCCC1. The number of nitrogens with zero attached hydrogens (tertiary/aromatic N) is 1. The highest BCUT2D eigenvalue weighted by Gasteiger charge is 2.30. The van der Waals surface area contributed by atoms with Crippen LogP contribution >= 0.6 is 11.6 Å². The van der Waals surface area contributed by atoms with Gasteiger partial charge in [-0.3, -0.25) is 4.79 Å². The van der Waals surface area contributed by atoms with Crippen molar-refractivity contribution in [3.8, 4) is 0 Å². The van der Waals surface area contributed by atoms with E-state index in [4.69, 9.17) is 11.6 Å². The Kier molecular flexibility index (Phi) is 7.19. The first-order chi connectivity index (χ1) is 9.83. The van der Waals surface area contributed by atoms with Gasteiger partial charge in [0.15, 0.2) is 0 Å². The maximum atomic E-state index is 12.9. The molecule has 2 aliphatic rings. The number of halogens is 1. The van der Waals surface area contributed by atoms with Crippen molar-refractivity contribution in [2.45, 2.75) is 83.1 Å². The molecule has 2 aliphatic carbocycles. The van der Waals surface area contributed by atoms with Crippen molar-refractivity contribution in [1.29, 1.82) is 0 Å². The lowest BCUT2D eigenvalue weighted by Gasteiger charge is -2.36. The molecule has 2 rings (SSSR count). The van der Waals surface area contributed by atoms with E-state index in [1.165, 1.54) is 64.2 Å². The molecule has 0 bridgehead atoms. The number of alkyl halides is 1. The highest BCUT2D eigenvalue weighted by atomic mass is 35.5. The summed E-state index contributed by atoms with van der Waals surface area (Å²) in [6.07, 6.45) is 14.9. The quantitative estimate of drug-likeness (QED) is 0.686. The Bertz CT molecular complexity index is 281. The second-order valence-electron chi connectivity index (χ2n) is 6.55. The van der Waals surface area contributed by atoms with E-state index in [9.17, 15) is 4.79 Å². The van der Waals surface area contributed by atoms with Gasteiger partial charge in [0.25, 0.3) is 0 Å². The smallest absolute Gasteiger partial charge is 0.225 e. The van der Waals surface area contributed by atoms with Crippen LogP contribution in [0.5, 0.6) is 0 Å². The average molecular weight is 300 g/mol. The summed E-state index contributed by atoms with van der Waals surface area (Å²) in [6.45, 7) is 0.752. The van der Waals surface area contributed by atoms with Gasteiger partial charge in [0.2, 0.25) is 5.91 Å². The molecule has 0 aromatic carbocycles. The highest BCUT2D eigenvalue weighted by molar-refractivity contribution is 6.18. The van der Waals surface area contributed by atoms with Gasteiger partial charge in [-0.2, -0.15) is 0 Å². The molecule has 116 valence electrons. The predicted molar refractivity (Wildman–Crippen MR) is 85.1 cm³/mol. The van der Waals surface area contributed by atoms with Crippen LogP contribution in [0.25, 0.3) is 0 Å². The molecule has 0 unspecified atom stereocenters. The van der Waals surface area contributed by atoms with E-state index in [2.05, 4.69) is 4.90 Å². The minimum Gasteiger partial charge on any atom is -0.338 e. The molecule has 0 atom stereocenters. The first kappa shape index (κ1) is 16.1. The zero-order valence-electron chi connectivity index (χ0n) is 12.8. The Morgan fingerprint density at radius 2 is 1.35 bits per heavy atom. The summed E-state index contributed by atoms with van der Waals surface area (Å²) in [7, 11) is 0. The number of hydrogen-bond acceptors (Lipinski definition) is 1. The first-order valence-electron chi connectivity index (χ1n) is 8.69. The van der Waals surface area contributed by atoms with Gasteiger partial charge >= 0.3 is 0 Å². The van der Waals surface area contributed by atoms with Crippen LogP contribution in [0, 0.1) is 5.92 Å².